The van der Waals surface area contributed by atoms with Gasteiger partial charge in [-0.1, -0.05) is 6.08 Å². The zero-order chi connectivity index (χ0) is 10.6. The third-order valence-corrected chi connectivity index (χ3v) is 4.29. The Kier molecular flexibility index (Phi) is 1.90. The van der Waals surface area contributed by atoms with Gasteiger partial charge in [0.05, 0.1) is 30.8 Å². The lowest BCUT2D eigenvalue weighted by Crippen LogP contribution is -2.92. The Morgan fingerprint density at radius 3 is 2.93 bits per heavy atom. The van der Waals surface area contributed by atoms with Gasteiger partial charge in [-0.2, -0.15) is 0 Å². The van der Waals surface area contributed by atoms with Crippen LogP contribution in [0.1, 0.15) is 6.92 Å². The number of hydrogen-bond donors (Lipinski definition) is 0. The van der Waals surface area contributed by atoms with Gasteiger partial charge in [0, 0.05) is 19.8 Å². The van der Waals surface area contributed by atoms with E-state index in [1.807, 2.05) is 0 Å². The maximum absolute atomic E-state index is 5.65. The average Bonchev–Trinajstić information content (AvgIpc) is 2.60. The van der Waals surface area contributed by atoms with Crippen molar-refractivity contribution in [3.63, 3.8) is 0 Å². The standard InChI is InChI=1S/C11H19N3O/c1-4-5-13(3)14-9-6-12(2)11(9)8-15-7-10(11)14/h4-5,9-10H,6-8H2,1-3H3. The molecule has 3 saturated heterocycles. The molecule has 3 unspecified atom stereocenters. The molecule has 4 heteroatoms. The molecule has 3 atom stereocenters. The SMILES string of the molecule is CC=CN(C)N1C2COCC23C1CN3C. The number of hydrazine groups is 1. The summed E-state index contributed by atoms with van der Waals surface area (Å²) < 4.78 is 5.65. The molecule has 3 heterocycles. The summed E-state index contributed by atoms with van der Waals surface area (Å²) in [6.45, 7) is 5.02. The first-order valence-electron chi connectivity index (χ1n) is 5.64. The summed E-state index contributed by atoms with van der Waals surface area (Å²) in [5.74, 6) is 0. The van der Waals surface area contributed by atoms with E-state index in [1.165, 1.54) is 6.54 Å². The number of rotatable bonds is 2. The second-order valence-corrected chi connectivity index (χ2v) is 4.85. The Morgan fingerprint density at radius 1 is 1.47 bits per heavy atom. The molecule has 0 amide bonds. The quantitative estimate of drug-likeness (QED) is 0.643. The van der Waals surface area contributed by atoms with Gasteiger partial charge in [0.15, 0.2) is 0 Å². The van der Waals surface area contributed by atoms with Gasteiger partial charge in [0.2, 0.25) is 0 Å². The van der Waals surface area contributed by atoms with Crippen molar-refractivity contribution in [3.05, 3.63) is 12.3 Å². The molecule has 15 heavy (non-hydrogen) atoms. The molecular weight excluding hydrogens is 190 g/mol. The van der Waals surface area contributed by atoms with E-state index in [4.69, 9.17) is 4.74 Å². The van der Waals surface area contributed by atoms with Gasteiger partial charge in [-0.3, -0.25) is 4.90 Å². The van der Waals surface area contributed by atoms with Crippen molar-refractivity contribution in [2.75, 3.05) is 33.9 Å². The van der Waals surface area contributed by atoms with Crippen LogP contribution in [-0.4, -0.2) is 66.4 Å². The van der Waals surface area contributed by atoms with E-state index in [-0.39, 0.29) is 0 Å². The maximum Gasteiger partial charge on any atom is 0.0827 e. The number of likely N-dealkylation sites (tertiary alicyclic amines) is 1. The number of nitrogens with zero attached hydrogens (tertiary/aromatic N) is 3. The van der Waals surface area contributed by atoms with Crippen molar-refractivity contribution in [1.29, 1.82) is 0 Å². The molecule has 0 aliphatic carbocycles. The minimum absolute atomic E-state index is 0.343. The minimum atomic E-state index is 0.343. The van der Waals surface area contributed by atoms with Crippen LogP contribution in [0.4, 0.5) is 0 Å². The van der Waals surface area contributed by atoms with Crippen molar-refractivity contribution >= 4 is 0 Å². The number of ether oxygens (including phenoxy) is 1. The summed E-state index contributed by atoms with van der Waals surface area (Å²) in [4.78, 5) is 2.45. The third kappa shape index (κ3) is 0.928. The van der Waals surface area contributed by atoms with Crippen LogP contribution in [0.3, 0.4) is 0 Å². The molecule has 4 nitrogen and oxygen atoms in total. The summed E-state index contributed by atoms with van der Waals surface area (Å²) in [5, 5.41) is 4.68. The molecule has 3 rings (SSSR count). The molecule has 1 spiro atoms. The fraction of sp³-hybridized carbons (Fsp3) is 0.818. The highest BCUT2D eigenvalue weighted by Gasteiger charge is 2.72. The predicted molar refractivity (Wildman–Crippen MR) is 58.2 cm³/mol. The van der Waals surface area contributed by atoms with Crippen LogP contribution >= 0.6 is 0 Å². The number of allylic oxidation sites excluding steroid dienone is 1. The highest BCUT2D eigenvalue weighted by molar-refractivity contribution is 5.27. The van der Waals surface area contributed by atoms with Gasteiger partial charge in [-0.15, -0.1) is 0 Å². The van der Waals surface area contributed by atoms with Gasteiger partial charge < -0.3 is 9.75 Å². The fourth-order valence-electron chi connectivity index (χ4n) is 3.47. The second kappa shape index (κ2) is 2.97. The highest BCUT2D eigenvalue weighted by Crippen LogP contribution is 2.52. The van der Waals surface area contributed by atoms with Crippen LogP contribution in [0, 0.1) is 0 Å². The molecule has 3 fully saturated rings. The van der Waals surface area contributed by atoms with Gasteiger partial charge in [-0.25, -0.2) is 5.01 Å². The van der Waals surface area contributed by atoms with Crippen molar-refractivity contribution in [3.8, 4) is 0 Å². The monoisotopic (exact) mass is 209 g/mol. The summed E-state index contributed by atoms with van der Waals surface area (Å²) in [5.41, 5.74) is 0.343. The van der Waals surface area contributed by atoms with Gasteiger partial charge in [0.25, 0.3) is 0 Å². The first kappa shape index (κ1) is 9.63. The zero-order valence-corrected chi connectivity index (χ0v) is 9.68. The first-order valence-corrected chi connectivity index (χ1v) is 5.64. The Morgan fingerprint density at radius 2 is 2.27 bits per heavy atom. The molecule has 84 valence electrons. The van der Waals surface area contributed by atoms with Crippen LogP contribution in [-0.2, 0) is 4.74 Å². The van der Waals surface area contributed by atoms with E-state index < -0.39 is 0 Å². The molecule has 0 bridgehead atoms. The van der Waals surface area contributed by atoms with Crippen LogP contribution < -0.4 is 0 Å². The van der Waals surface area contributed by atoms with E-state index >= 15 is 0 Å². The van der Waals surface area contributed by atoms with E-state index in [2.05, 4.69) is 48.2 Å². The van der Waals surface area contributed by atoms with Crippen molar-refractivity contribution < 1.29 is 4.74 Å². The molecule has 0 N–H and O–H groups in total. The lowest BCUT2D eigenvalue weighted by atomic mass is 9.67. The predicted octanol–water partition coefficient (Wildman–Crippen LogP) is 0.134. The van der Waals surface area contributed by atoms with Gasteiger partial charge in [0.1, 0.15) is 0 Å². The lowest BCUT2D eigenvalue weighted by Gasteiger charge is -2.72. The van der Waals surface area contributed by atoms with Crippen LogP contribution in [0.5, 0.6) is 0 Å². The highest BCUT2D eigenvalue weighted by atomic mass is 16.5. The molecule has 3 aliphatic rings. The van der Waals surface area contributed by atoms with E-state index in [1.54, 1.807) is 0 Å². The first-order chi connectivity index (χ1) is 7.21. The maximum atomic E-state index is 5.65. The smallest absolute Gasteiger partial charge is 0.0827 e. The Balaban J connectivity index is 1.80. The largest absolute Gasteiger partial charge is 0.378 e. The fourth-order valence-corrected chi connectivity index (χ4v) is 3.47. The van der Waals surface area contributed by atoms with Crippen molar-refractivity contribution in [2.24, 2.45) is 0 Å². The Hall–Kier alpha value is -0.580. The normalized spacial score (nSPS) is 44.7. The topological polar surface area (TPSA) is 19.0 Å². The van der Waals surface area contributed by atoms with Crippen LogP contribution in [0.15, 0.2) is 12.3 Å². The number of likely N-dealkylation sites (N-methyl/N-ethyl adjacent to an activating group) is 1. The summed E-state index contributed by atoms with van der Waals surface area (Å²) >= 11 is 0. The Labute approximate surface area is 91.0 Å². The lowest BCUT2D eigenvalue weighted by molar-refractivity contribution is -0.274. The summed E-state index contributed by atoms with van der Waals surface area (Å²) in [6.07, 6.45) is 4.21. The van der Waals surface area contributed by atoms with Gasteiger partial charge >= 0.3 is 0 Å². The third-order valence-electron chi connectivity index (χ3n) is 4.29. The van der Waals surface area contributed by atoms with Crippen molar-refractivity contribution in [1.82, 2.24) is 14.9 Å². The van der Waals surface area contributed by atoms with E-state index in [0.29, 0.717) is 17.6 Å². The van der Waals surface area contributed by atoms with Gasteiger partial charge in [-0.05, 0) is 14.0 Å². The minimum Gasteiger partial charge on any atom is -0.378 e. The molecule has 3 aliphatic heterocycles. The summed E-state index contributed by atoms with van der Waals surface area (Å²) in [6, 6.07) is 1.22. The molecule has 0 aromatic rings. The molecule has 0 radical (unpaired) electrons. The molecular formula is C11H19N3O. The van der Waals surface area contributed by atoms with Crippen LogP contribution in [0.2, 0.25) is 0 Å². The number of piperazine rings is 1. The number of hydrogen-bond acceptors (Lipinski definition) is 4. The molecule has 0 aromatic heterocycles. The molecule has 0 aromatic carbocycles. The zero-order valence-electron chi connectivity index (χ0n) is 9.68. The average molecular weight is 209 g/mol. The van der Waals surface area contributed by atoms with E-state index in [9.17, 15) is 0 Å². The Bertz CT molecular complexity index is 306. The van der Waals surface area contributed by atoms with E-state index in [0.717, 1.165) is 13.2 Å². The summed E-state index contributed by atoms with van der Waals surface area (Å²) in [7, 11) is 4.34. The molecule has 0 saturated carbocycles. The second-order valence-electron chi connectivity index (χ2n) is 4.85. The van der Waals surface area contributed by atoms with Crippen molar-refractivity contribution in [2.45, 2.75) is 24.5 Å². The van der Waals surface area contributed by atoms with Crippen LogP contribution in [0.25, 0.3) is 0 Å².